The summed E-state index contributed by atoms with van der Waals surface area (Å²) in [5.41, 5.74) is 4.06. The topological polar surface area (TPSA) is 55.1 Å². The first kappa shape index (κ1) is 19.2. The maximum atomic E-state index is 12.9. The number of amides is 1. The zero-order chi connectivity index (χ0) is 20.2. The number of halogens is 1. The van der Waals surface area contributed by atoms with E-state index < -0.39 is 0 Å². The Bertz CT molecular complexity index is 1130. The predicted molar refractivity (Wildman–Crippen MR) is 119 cm³/mol. The molecule has 0 fully saturated rings. The summed E-state index contributed by atoms with van der Waals surface area (Å²) in [5.74, 6) is 0.862. The molecule has 144 valence electrons. The molecule has 1 N–H and O–H groups in total. The maximum Gasteiger partial charge on any atom is 0.256 e. The molecule has 4 aromatic rings. The van der Waals surface area contributed by atoms with Crippen LogP contribution in [0.1, 0.15) is 22.8 Å². The van der Waals surface area contributed by atoms with Crippen LogP contribution in [0.5, 0.6) is 0 Å². The largest absolute Gasteiger partial charge is 0.436 e. The van der Waals surface area contributed by atoms with Gasteiger partial charge in [0, 0.05) is 21.3 Å². The van der Waals surface area contributed by atoms with Gasteiger partial charge in [-0.05, 0) is 48.4 Å². The molecule has 1 aromatic heterocycles. The summed E-state index contributed by atoms with van der Waals surface area (Å²) in [6.45, 7) is 2.10. The van der Waals surface area contributed by atoms with E-state index in [4.69, 9.17) is 4.42 Å². The second-order valence-corrected chi connectivity index (χ2v) is 7.50. The van der Waals surface area contributed by atoms with Gasteiger partial charge in [-0.3, -0.25) is 4.79 Å². The van der Waals surface area contributed by atoms with Crippen molar-refractivity contribution in [1.29, 1.82) is 0 Å². The third-order valence-electron chi connectivity index (χ3n) is 4.66. The lowest BCUT2D eigenvalue weighted by molar-refractivity contribution is 0.102. The summed E-state index contributed by atoms with van der Waals surface area (Å²) in [6, 6.07) is 23.0. The van der Waals surface area contributed by atoms with Gasteiger partial charge in [-0.2, -0.15) is 0 Å². The molecule has 4 rings (SSSR count). The van der Waals surface area contributed by atoms with E-state index in [2.05, 4.69) is 33.2 Å². The molecule has 0 unspecified atom stereocenters. The average Bonchev–Trinajstić information content (AvgIpc) is 3.25. The molecule has 1 heterocycles. The first-order chi connectivity index (χ1) is 14.1. The second-order valence-electron chi connectivity index (χ2n) is 6.59. The zero-order valence-corrected chi connectivity index (χ0v) is 17.4. The highest BCUT2D eigenvalue weighted by Gasteiger charge is 2.17. The molecule has 3 aromatic carbocycles. The fraction of sp³-hybridized carbons (Fsp3) is 0.0833. The van der Waals surface area contributed by atoms with Gasteiger partial charge in [-0.25, -0.2) is 4.98 Å². The fourth-order valence-electron chi connectivity index (χ4n) is 3.04. The number of nitrogens with one attached hydrogen (secondary N) is 1. The van der Waals surface area contributed by atoms with Crippen LogP contribution in [-0.4, -0.2) is 10.9 Å². The van der Waals surface area contributed by atoms with Crippen molar-refractivity contribution in [2.75, 3.05) is 5.32 Å². The predicted octanol–water partition coefficient (Wildman–Crippen LogP) is 6.59. The van der Waals surface area contributed by atoms with Crippen LogP contribution < -0.4 is 5.32 Å². The van der Waals surface area contributed by atoms with Crippen LogP contribution in [0.3, 0.4) is 0 Å². The standard InChI is InChI=1S/C24H19BrN2O2/c1-2-16-7-13-19(14-8-16)27-23(28)20-5-3-4-6-21(20)24-26-15-22(29-24)17-9-11-18(25)12-10-17/h3-15H,2H2,1H3,(H,27,28). The Hall–Kier alpha value is -3.18. The Labute approximate surface area is 177 Å². The molecule has 0 aliphatic heterocycles. The minimum Gasteiger partial charge on any atom is -0.436 e. The highest BCUT2D eigenvalue weighted by molar-refractivity contribution is 9.10. The third-order valence-corrected chi connectivity index (χ3v) is 5.19. The summed E-state index contributed by atoms with van der Waals surface area (Å²) >= 11 is 3.43. The van der Waals surface area contributed by atoms with Gasteiger partial charge >= 0.3 is 0 Å². The third kappa shape index (κ3) is 4.30. The lowest BCUT2D eigenvalue weighted by Crippen LogP contribution is -2.13. The second kappa shape index (κ2) is 8.45. The van der Waals surface area contributed by atoms with Crippen molar-refractivity contribution >= 4 is 27.5 Å². The van der Waals surface area contributed by atoms with Crippen LogP contribution in [0.2, 0.25) is 0 Å². The zero-order valence-electron chi connectivity index (χ0n) is 15.9. The number of anilines is 1. The minimum absolute atomic E-state index is 0.201. The van der Waals surface area contributed by atoms with Gasteiger partial charge in [0.15, 0.2) is 5.76 Å². The Kier molecular flexibility index (Phi) is 5.58. The van der Waals surface area contributed by atoms with E-state index in [9.17, 15) is 4.79 Å². The molecule has 1 amide bonds. The van der Waals surface area contributed by atoms with Crippen molar-refractivity contribution in [3.8, 4) is 22.8 Å². The average molecular weight is 447 g/mol. The number of benzene rings is 3. The number of carbonyl (C=O) groups is 1. The van der Waals surface area contributed by atoms with E-state index in [0.29, 0.717) is 22.8 Å². The van der Waals surface area contributed by atoms with Crippen LogP contribution >= 0.6 is 15.9 Å². The van der Waals surface area contributed by atoms with Gasteiger partial charge in [0.2, 0.25) is 5.89 Å². The van der Waals surface area contributed by atoms with Gasteiger partial charge in [0.05, 0.1) is 11.8 Å². The van der Waals surface area contributed by atoms with Crippen LogP contribution in [0, 0.1) is 0 Å². The normalized spacial score (nSPS) is 10.7. The van der Waals surface area contributed by atoms with Crippen LogP contribution in [0.15, 0.2) is 87.9 Å². The molecule has 5 heteroatoms. The molecule has 4 nitrogen and oxygen atoms in total. The number of carbonyl (C=O) groups excluding carboxylic acids is 1. The number of aromatic nitrogens is 1. The molecular weight excluding hydrogens is 428 g/mol. The molecule has 0 bridgehead atoms. The molecule has 0 spiro atoms. The Morgan fingerprint density at radius 1 is 1.00 bits per heavy atom. The van der Waals surface area contributed by atoms with Crippen LogP contribution in [0.4, 0.5) is 5.69 Å². The molecular formula is C24H19BrN2O2. The Morgan fingerprint density at radius 2 is 1.72 bits per heavy atom. The number of nitrogens with zero attached hydrogens (tertiary/aromatic N) is 1. The summed E-state index contributed by atoms with van der Waals surface area (Å²) in [5, 5.41) is 2.95. The smallest absolute Gasteiger partial charge is 0.256 e. The quantitative estimate of drug-likeness (QED) is 0.376. The van der Waals surface area contributed by atoms with Gasteiger partial charge < -0.3 is 9.73 Å². The number of oxazole rings is 1. The van der Waals surface area contributed by atoms with Gasteiger partial charge in [-0.15, -0.1) is 0 Å². The lowest BCUT2D eigenvalue weighted by Gasteiger charge is -2.09. The number of hydrogen-bond acceptors (Lipinski definition) is 3. The van der Waals surface area contributed by atoms with E-state index in [-0.39, 0.29) is 5.91 Å². The lowest BCUT2D eigenvalue weighted by atomic mass is 10.1. The summed E-state index contributed by atoms with van der Waals surface area (Å²) < 4.78 is 6.96. The molecule has 0 atom stereocenters. The van der Waals surface area contributed by atoms with Crippen molar-refractivity contribution in [2.24, 2.45) is 0 Å². The molecule has 0 aliphatic rings. The SMILES string of the molecule is CCc1ccc(NC(=O)c2ccccc2-c2ncc(-c3ccc(Br)cc3)o2)cc1. The molecule has 0 saturated carbocycles. The van der Waals surface area contributed by atoms with Crippen molar-refractivity contribution in [3.05, 3.63) is 94.6 Å². The van der Waals surface area contributed by atoms with E-state index in [1.807, 2.05) is 66.7 Å². The molecule has 0 aliphatic carbocycles. The van der Waals surface area contributed by atoms with Crippen molar-refractivity contribution in [2.45, 2.75) is 13.3 Å². The van der Waals surface area contributed by atoms with Gasteiger partial charge in [0.25, 0.3) is 5.91 Å². The summed E-state index contributed by atoms with van der Waals surface area (Å²) in [7, 11) is 0. The van der Waals surface area contributed by atoms with E-state index in [1.165, 1.54) is 5.56 Å². The highest BCUT2D eigenvalue weighted by atomic mass is 79.9. The van der Waals surface area contributed by atoms with Gasteiger partial charge in [-0.1, -0.05) is 59.3 Å². The van der Waals surface area contributed by atoms with E-state index in [1.54, 1.807) is 12.3 Å². The van der Waals surface area contributed by atoms with Crippen molar-refractivity contribution in [1.82, 2.24) is 4.98 Å². The minimum atomic E-state index is -0.201. The van der Waals surface area contributed by atoms with Crippen LogP contribution in [-0.2, 0) is 6.42 Å². The molecule has 0 saturated heterocycles. The van der Waals surface area contributed by atoms with Gasteiger partial charge in [0.1, 0.15) is 0 Å². The summed E-state index contributed by atoms with van der Waals surface area (Å²) in [6.07, 6.45) is 2.64. The van der Waals surface area contributed by atoms with Crippen molar-refractivity contribution < 1.29 is 9.21 Å². The maximum absolute atomic E-state index is 12.9. The van der Waals surface area contributed by atoms with Crippen molar-refractivity contribution in [3.63, 3.8) is 0 Å². The number of rotatable bonds is 5. The van der Waals surface area contributed by atoms with Crippen LogP contribution in [0.25, 0.3) is 22.8 Å². The Morgan fingerprint density at radius 3 is 2.45 bits per heavy atom. The first-order valence-electron chi connectivity index (χ1n) is 9.35. The molecule has 0 radical (unpaired) electrons. The fourth-order valence-corrected chi connectivity index (χ4v) is 3.30. The highest BCUT2D eigenvalue weighted by Crippen LogP contribution is 2.29. The molecule has 29 heavy (non-hydrogen) atoms. The monoisotopic (exact) mass is 446 g/mol. The first-order valence-corrected chi connectivity index (χ1v) is 10.1. The van der Waals surface area contributed by atoms with E-state index >= 15 is 0 Å². The summed E-state index contributed by atoms with van der Waals surface area (Å²) in [4.78, 5) is 17.3. The number of aryl methyl sites for hydroxylation is 1. The number of hydrogen-bond donors (Lipinski definition) is 1. The Balaban J connectivity index is 1.61. The van der Waals surface area contributed by atoms with E-state index in [0.717, 1.165) is 22.1 Å².